The quantitative estimate of drug-likeness (QED) is 0.697. The number of hydrogen-bond acceptors (Lipinski definition) is 6. The van der Waals surface area contributed by atoms with E-state index in [1.165, 1.54) is 5.69 Å². The molecule has 0 atom stereocenters. The SMILES string of the molecule is CN1CCN(c2ccc(Nc3nccc(-c4ccc(Cl)nc4)n3)cc2)CC1. The Balaban J connectivity index is 1.46. The van der Waals surface area contributed by atoms with Crippen LogP contribution < -0.4 is 10.2 Å². The van der Waals surface area contributed by atoms with Crippen LogP contribution in [-0.4, -0.2) is 53.1 Å². The second kappa shape index (κ2) is 7.90. The molecule has 1 aliphatic rings. The molecule has 2 aromatic heterocycles. The molecule has 4 rings (SSSR count). The minimum absolute atomic E-state index is 0.464. The Hall–Kier alpha value is -2.70. The molecule has 1 aliphatic heterocycles. The van der Waals surface area contributed by atoms with Gasteiger partial charge in [0.05, 0.1) is 5.69 Å². The third-order valence-electron chi connectivity index (χ3n) is 4.67. The second-order valence-electron chi connectivity index (χ2n) is 6.60. The smallest absolute Gasteiger partial charge is 0.227 e. The number of pyridine rings is 1. The highest BCUT2D eigenvalue weighted by Gasteiger charge is 2.14. The van der Waals surface area contributed by atoms with E-state index in [0.717, 1.165) is 43.1 Å². The van der Waals surface area contributed by atoms with Crippen LogP contribution in [0, 0.1) is 0 Å². The normalized spacial score (nSPS) is 15.0. The van der Waals surface area contributed by atoms with E-state index in [0.29, 0.717) is 11.1 Å². The second-order valence-corrected chi connectivity index (χ2v) is 6.98. The number of nitrogens with zero attached hydrogens (tertiary/aromatic N) is 5. The number of piperazine rings is 1. The van der Waals surface area contributed by atoms with Gasteiger partial charge in [-0.2, -0.15) is 0 Å². The van der Waals surface area contributed by atoms with Crippen LogP contribution in [0.3, 0.4) is 0 Å². The monoisotopic (exact) mass is 380 g/mol. The Morgan fingerprint density at radius 1 is 0.926 bits per heavy atom. The molecule has 1 saturated heterocycles. The van der Waals surface area contributed by atoms with Gasteiger partial charge in [0.25, 0.3) is 0 Å². The number of rotatable bonds is 4. The zero-order valence-electron chi connectivity index (χ0n) is 15.1. The fourth-order valence-corrected chi connectivity index (χ4v) is 3.17. The minimum Gasteiger partial charge on any atom is -0.369 e. The molecular formula is C20H21ClN6. The third-order valence-corrected chi connectivity index (χ3v) is 4.89. The number of aromatic nitrogens is 3. The highest BCUT2D eigenvalue weighted by atomic mass is 35.5. The first-order valence-electron chi connectivity index (χ1n) is 8.93. The van der Waals surface area contributed by atoms with Gasteiger partial charge in [0.2, 0.25) is 5.95 Å². The summed E-state index contributed by atoms with van der Waals surface area (Å²) in [6, 6.07) is 13.9. The molecule has 27 heavy (non-hydrogen) atoms. The standard InChI is InChI=1S/C20H21ClN6/c1-26-10-12-27(13-11-26)17-5-3-16(4-6-17)24-20-22-9-8-18(25-20)15-2-7-19(21)23-14-15/h2-9,14H,10-13H2,1H3,(H,22,24,25). The molecule has 3 aromatic rings. The summed E-state index contributed by atoms with van der Waals surface area (Å²) in [6.45, 7) is 4.31. The largest absolute Gasteiger partial charge is 0.369 e. The van der Waals surface area contributed by atoms with E-state index in [9.17, 15) is 0 Å². The maximum absolute atomic E-state index is 5.85. The first-order chi connectivity index (χ1) is 13.2. The Bertz CT molecular complexity index is 889. The zero-order valence-corrected chi connectivity index (χ0v) is 15.9. The summed E-state index contributed by atoms with van der Waals surface area (Å²) >= 11 is 5.85. The maximum atomic E-state index is 5.85. The lowest BCUT2D eigenvalue weighted by Gasteiger charge is -2.34. The Morgan fingerprint density at radius 2 is 1.70 bits per heavy atom. The molecule has 3 heterocycles. The molecule has 138 valence electrons. The van der Waals surface area contributed by atoms with Crippen molar-refractivity contribution < 1.29 is 0 Å². The third kappa shape index (κ3) is 4.35. The van der Waals surface area contributed by atoms with Crippen molar-refractivity contribution in [3.05, 3.63) is 60.0 Å². The lowest BCUT2D eigenvalue weighted by molar-refractivity contribution is 0.313. The van der Waals surface area contributed by atoms with Crippen molar-refractivity contribution in [2.75, 3.05) is 43.4 Å². The topological polar surface area (TPSA) is 57.2 Å². The van der Waals surface area contributed by atoms with E-state index in [-0.39, 0.29) is 0 Å². The molecule has 0 unspecified atom stereocenters. The average Bonchev–Trinajstić information content (AvgIpc) is 2.70. The average molecular weight is 381 g/mol. The molecule has 0 amide bonds. The molecule has 1 aromatic carbocycles. The van der Waals surface area contributed by atoms with Crippen LogP contribution in [0.25, 0.3) is 11.3 Å². The lowest BCUT2D eigenvalue weighted by atomic mass is 10.2. The molecule has 0 aliphatic carbocycles. The van der Waals surface area contributed by atoms with Crippen LogP contribution in [0.1, 0.15) is 0 Å². The molecule has 1 N–H and O–H groups in total. The van der Waals surface area contributed by atoms with E-state index in [1.807, 2.05) is 12.1 Å². The van der Waals surface area contributed by atoms with Crippen LogP contribution in [0.15, 0.2) is 54.9 Å². The number of hydrogen-bond donors (Lipinski definition) is 1. The predicted octanol–water partition coefficient (Wildman–Crippen LogP) is 3.69. The van der Waals surface area contributed by atoms with Gasteiger partial charge in [-0.05, 0) is 49.5 Å². The molecular weight excluding hydrogens is 360 g/mol. The van der Waals surface area contributed by atoms with Gasteiger partial charge >= 0.3 is 0 Å². The van der Waals surface area contributed by atoms with Gasteiger partial charge in [0.1, 0.15) is 5.15 Å². The van der Waals surface area contributed by atoms with E-state index in [4.69, 9.17) is 11.6 Å². The van der Waals surface area contributed by atoms with Crippen molar-refractivity contribution in [3.8, 4) is 11.3 Å². The molecule has 7 heteroatoms. The van der Waals surface area contributed by atoms with E-state index >= 15 is 0 Å². The highest BCUT2D eigenvalue weighted by molar-refractivity contribution is 6.29. The molecule has 0 bridgehead atoms. The first-order valence-corrected chi connectivity index (χ1v) is 9.31. The van der Waals surface area contributed by atoms with Gasteiger partial charge in [0, 0.05) is 55.5 Å². The molecule has 1 fully saturated rings. The van der Waals surface area contributed by atoms with Crippen molar-refractivity contribution >= 4 is 28.9 Å². The van der Waals surface area contributed by atoms with Gasteiger partial charge < -0.3 is 15.1 Å². The van der Waals surface area contributed by atoms with Crippen molar-refractivity contribution in [2.45, 2.75) is 0 Å². The van der Waals surface area contributed by atoms with Gasteiger partial charge in [-0.25, -0.2) is 15.0 Å². The number of likely N-dealkylation sites (N-methyl/N-ethyl adjacent to an activating group) is 1. The van der Waals surface area contributed by atoms with Gasteiger partial charge in [-0.15, -0.1) is 0 Å². The van der Waals surface area contributed by atoms with Gasteiger partial charge in [0.15, 0.2) is 0 Å². The summed E-state index contributed by atoms with van der Waals surface area (Å²) in [5, 5.41) is 3.73. The van der Waals surface area contributed by atoms with E-state index in [2.05, 4.69) is 61.4 Å². The van der Waals surface area contributed by atoms with Gasteiger partial charge in [-0.3, -0.25) is 0 Å². The van der Waals surface area contributed by atoms with Crippen molar-refractivity contribution in [1.29, 1.82) is 0 Å². The van der Waals surface area contributed by atoms with Crippen LogP contribution in [0.4, 0.5) is 17.3 Å². The summed E-state index contributed by atoms with van der Waals surface area (Å²) in [5.74, 6) is 0.551. The molecule has 6 nitrogen and oxygen atoms in total. The number of anilines is 3. The van der Waals surface area contributed by atoms with Crippen LogP contribution in [-0.2, 0) is 0 Å². The fraction of sp³-hybridized carbons (Fsp3) is 0.250. The molecule has 0 radical (unpaired) electrons. The number of halogens is 1. The van der Waals surface area contributed by atoms with E-state index in [1.54, 1.807) is 18.5 Å². The maximum Gasteiger partial charge on any atom is 0.227 e. The Kier molecular flexibility index (Phi) is 5.18. The van der Waals surface area contributed by atoms with Crippen LogP contribution in [0.2, 0.25) is 5.15 Å². The fourth-order valence-electron chi connectivity index (χ4n) is 3.06. The molecule has 0 spiro atoms. The lowest BCUT2D eigenvalue weighted by Crippen LogP contribution is -2.44. The summed E-state index contributed by atoms with van der Waals surface area (Å²) in [4.78, 5) is 17.8. The predicted molar refractivity (Wildman–Crippen MR) is 110 cm³/mol. The van der Waals surface area contributed by atoms with Crippen molar-refractivity contribution in [3.63, 3.8) is 0 Å². The summed E-state index contributed by atoms with van der Waals surface area (Å²) in [6.07, 6.45) is 3.44. The van der Waals surface area contributed by atoms with Crippen LogP contribution >= 0.6 is 11.6 Å². The number of benzene rings is 1. The zero-order chi connectivity index (χ0) is 18.6. The van der Waals surface area contributed by atoms with Crippen LogP contribution in [0.5, 0.6) is 0 Å². The summed E-state index contributed by atoms with van der Waals surface area (Å²) in [5.41, 5.74) is 3.90. The number of nitrogens with one attached hydrogen (secondary N) is 1. The summed E-state index contributed by atoms with van der Waals surface area (Å²) in [7, 11) is 2.17. The summed E-state index contributed by atoms with van der Waals surface area (Å²) < 4.78 is 0. The first kappa shape index (κ1) is 17.7. The Morgan fingerprint density at radius 3 is 2.41 bits per heavy atom. The Labute approximate surface area is 163 Å². The molecule has 0 saturated carbocycles. The van der Waals surface area contributed by atoms with Crippen molar-refractivity contribution in [2.24, 2.45) is 0 Å². The van der Waals surface area contributed by atoms with E-state index < -0.39 is 0 Å². The minimum atomic E-state index is 0.464. The van der Waals surface area contributed by atoms with Crippen molar-refractivity contribution in [1.82, 2.24) is 19.9 Å². The van der Waals surface area contributed by atoms with Gasteiger partial charge in [-0.1, -0.05) is 11.6 Å². The highest BCUT2D eigenvalue weighted by Crippen LogP contribution is 2.22.